The predicted molar refractivity (Wildman–Crippen MR) is 227 cm³/mol. The van der Waals surface area contributed by atoms with Crippen LogP contribution in [0.4, 0.5) is 17.1 Å². The third-order valence-electron chi connectivity index (χ3n) is 10.7. The molecular formula is C50H31NOS. The summed E-state index contributed by atoms with van der Waals surface area (Å²) in [6, 6.07) is 68.1. The van der Waals surface area contributed by atoms with Crippen molar-refractivity contribution in [2.24, 2.45) is 0 Å². The number of hydrogen-bond donors (Lipinski definition) is 0. The number of thiophene rings is 1. The van der Waals surface area contributed by atoms with Gasteiger partial charge in [-0.05, 0) is 104 Å². The van der Waals surface area contributed by atoms with E-state index in [0.717, 1.165) is 44.7 Å². The number of rotatable bonds is 5. The number of furan rings is 1. The van der Waals surface area contributed by atoms with Crippen molar-refractivity contribution in [2.45, 2.75) is 0 Å². The van der Waals surface area contributed by atoms with Crippen molar-refractivity contribution in [2.75, 3.05) is 4.90 Å². The van der Waals surface area contributed by atoms with Gasteiger partial charge in [0, 0.05) is 48.0 Å². The molecule has 2 nitrogen and oxygen atoms in total. The summed E-state index contributed by atoms with van der Waals surface area (Å²) in [4.78, 5) is 2.37. The maximum absolute atomic E-state index is 6.30. The first kappa shape index (κ1) is 30.0. The van der Waals surface area contributed by atoms with Crippen LogP contribution in [0, 0.1) is 0 Å². The zero-order valence-electron chi connectivity index (χ0n) is 28.7. The van der Waals surface area contributed by atoms with Gasteiger partial charge >= 0.3 is 0 Å². The van der Waals surface area contributed by atoms with Gasteiger partial charge in [0.2, 0.25) is 0 Å². The number of hydrogen-bond acceptors (Lipinski definition) is 3. The average molecular weight is 694 g/mol. The number of fused-ring (bicyclic) bond motifs is 9. The summed E-state index contributed by atoms with van der Waals surface area (Å²) in [6.45, 7) is 0. The van der Waals surface area contributed by atoms with Gasteiger partial charge in [0.15, 0.2) is 0 Å². The Bertz CT molecular complexity index is 3160. The van der Waals surface area contributed by atoms with Gasteiger partial charge in [0.25, 0.3) is 0 Å². The van der Waals surface area contributed by atoms with E-state index in [9.17, 15) is 0 Å². The Morgan fingerprint density at radius 1 is 0.358 bits per heavy atom. The average Bonchev–Trinajstić information content (AvgIpc) is 3.79. The monoisotopic (exact) mass is 693 g/mol. The highest BCUT2D eigenvalue weighted by molar-refractivity contribution is 7.25. The summed E-state index contributed by atoms with van der Waals surface area (Å²) in [5.41, 5.74) is 9.95. The molecule has 0 spiro atoms. The Hall–Kier alpha value is -6.68. The lowest BCUT2D eigenvalue weighted by Crippen LogP contribution is -2.09. The Morgan fingerprint density at radius 3 is 1.77 bits per heavy atom. The summed E-state index contributed by atoms with van der Waals surface area (Å²) in [6.07, 6.45) is 0. The summed E-state index contributed by atoms with van der Waals surface area (Å²) < 4.78 is 8.90. The second-order valence-corrected chi connectivity index (χ2v) is 14.8. The summed E-state index contributed by atoms with van der Waals surface area (Å²) in [5.74, 6) is 0. The van der Waals surface area contributed by atoms with Crippen LogP contribution in [0.2, 0.25) is 0 Å². The van der Waals surface area contributed by atoms with Crippen LogP contribution in [0.3, 0.4) is 0 Å². The van der Waals surface area contributed by atoms with Crippen LogP contribution in [0.1, 0.15) is 0 Å². The predicted octanol–water partition coefficient (Wildman–Crippen LogP) is 15.1. The Morgan fingerprint density at radius 2 is 0.962 bits per heavy atom. The molecule has 11 aromatic rings. The first-order valence-corrected chi connectivity index (χ1v) is 18.8. The van der Waals surface area contributed by atoms with Gasteiger partial charge in [0.1, 0.15) is 11.2 Å². The van der Waals surface area contributed by atoms with E-state index in [1.165, 1.54) is 58.2 Å². The Labute approximate surface area is 310 Å². The molecule has 0 unspecified atom stereocenters. The fourth-order valence-corrected chi connectivity index (χ4v) is 9.24. The van der Waals surface area contributed by atoms with E-state index >= 15 is 0 Å². The van der Waals surface area contributed by atoms with Crippen molar-refractivity contribution in [3.8, 4) is 22.3 Å². The van der Waals surface area contributed by atoms with Crippen LogP contribution in [-0.4, -0.2) is 0 Å². The molecule has 0 saturated carbocycles. The molecular weight excluding hydrogens is 663 g/mol. The largest absolute Gasteiger partial charge is 0.456 e. The molecule has 0 saturated heterocycles. The molecule has 0 amide bonds. The lowest BCUT2D eigenvalue weighted by molar-refractivity contribution is 0.669. The molecule has 2 heterocycles. The third kappa shape index (κ3) is 4.93. The van der Waals surface area contributed by atoms with Gasteiger partial charge in [-0.3, -0.25) is 0 Å². The lowest BCUT2D eigenvalue weighted by Gasteiger charge is -2.26. The smallest absolute Gasteiger partial charge is 0.136 e. The standard InChI is InChI=1S/C50H31NOS/c1-3-11-40-33(8-1)10-7-14-41(40)35-18-24-38(25-19-35)51(39-26-27-44-43-13-5-6-15-48(43)53-49(44)31-39)37-22-16-32(17-23-37)36-21-28-46-45(30-36)50-42-12-4-2-9-34(42)20-29-47(50)52-46/h1-31H. The highest BCUT2D eigenvalue weighted by atomic mass is 32.1. The molecule has 0 atom stereocenters. The van der Waals surface area contributed by atoms with Crippen LogP contribution in [0.25, 0.3) is 85.9 Å². The van der Waals surface area contributed by atoms with E-state index in [1.54, 1.807) is 0 Å². The summed E-state index contributed by atoms with van der Waals surface area (Å²) >= 11 is 1.85. The van der Waals surface area contributed by atoms with Crippen molar-refractivity contribution in [1.82, 2.24) is 0 Å². The van der Waals surface area contributed by atoms with Crippen molar-refractivity contribution in [3.05, 3.63) is 188 Å². The van der Waals surface area contributed by atoms with E-state index in [4.69, 9.17) is 4.42 Å². The highest BCUT2D eigenvalue weighted by Gasteiger charge is 2.17. The van der Waals surface area contributed by atoms with E-state index in [0.29, 0.717) is 0 Å². The summed E-state index contributed by atoms with van der Waals surface area (Å²) in [7, 11) is 0. The molecule has 3 heteroatoms. The number of nitrogens with zero attached hydrogens (tertiary/aromatic N) is 1. The van der Waals surface area contributed by atoms with Crippen LogP contribution < -0.4 is 4.90 Å². The van der Waals surface area contributed by atoms with Crippen LogP contribution in [0.5, 0.6) is 0 Å². The molecule has 0 aliphatic carbocycles. The van der Waals surface area contributed by atoms with Crippen molar-refractivity contribution >= 4 is 92.1 Å². The normalized spacial score (nSPS) is 11.8. The molecule has 0 bridgehead atoms. The SMILES string of the molecule is c1ccc2c(-c3ccc(N(c4ccc(-c5ccc6oc7ccc8ccccc8c7c6c5)cc4)c4ccc5c(c4)sc4ccccc45)cc3)cccc2c1. The maximum Gasteiger partial charge on any atom is 0.136 e. The molecule has 2 aromatic heterocycles. The zero-order valence-corrected chi connectivity index (χ0v) is 29.5. The lowest BCUT2D eigenvalue weighted by atomic mass is 9.98. The number of anilines is 3. The van der Waals surface area contributed by atoms with Crippen molar-refractivity contribution in [3.63, 3.8) is 0 Å². The van der Waals surface area contributed by atoms with Crippen LogP contribution in [0.15, 0.2) is 192 Å². The second-order valence-electron chi connectivity index (χ2n) is 13.7. The third-order valence-corrected chi connectivity index (χ3v) is 11.8. The van der Waals surface area contributed by atoms with E-state index < -0.39 is 0 Å². The molecule has 0 N–H and O–H groups in total. The van der Waals surface area contributed by atoms with Crippen molar-refractivity contribution < 1.29 is 4.42 Å². The van der Waals surface area contributed by atoms with E-state index in [2.05, 4.69) is 193 Å². The minimum absolute atomic E-state index is 0.909. The molecule has 0 aliphatic rings. The maximum atomic E-state index is 6.30. The molecule has 0 fully saturated rings. The molecule has 0 radical (unpaired) electrons. The fraction of sp³-hybridized carbons (Fsp3) is 0. The van der Waals surface area contributed by atoms with Gasteiger partial charge < -0.3 is 9.32 Å². The highest BCUT2D eigenvalue weighted by Crippen LogP contribution is 2.42. The topological polar surface area (TPSA) is 16.4 Å². The van der Waals surface area contributed by atoms with E-state index in [-0.39, 0.29) is 0 Å². The van der Waals surface area contributed by atoms with Gasteiger partial charge in [-0.15, -0.1) is 11.3 Å². The second kappa shape index (κ2) is 11.9. The van der Waals surface area contributed by atoms with Gasteiger partial charge in [-0.2, -0.15) is 0 Å². The van der Waals surface area contributed by atoms with Gasteiger partial charge in [0.05, 0.1) is 0 Å². The minimum atomic E-state index is 0.909. The molecule has 0 aliphatic heterocycles. The summed E-state index contributed by atoms with van der Waals surface area (Å²) in [5, 5.41) is 9.87. The molecule has 11 rings (SSSR count). The quantitative estimate of drug-likeness (QED) is 0.178. The number of benzene rings is 9. The van der Waals surface area contributed by atoms with Crippen LogP contribution >= 0.6 is 11.3 Å². The Balaban J connectivity index is 1.02. The van der Waals surface area contributed by atoms with Gasteiger partial charge in [-0.25, -0.2) is 0 Å². The minimum Gasteiger partial charge on any atom is -0.456 e. The first-order valence-electron chi connectivity index (χ1n) is 18.0. The first-order chi connectivity index (χ1) is 26.2. The zero-order chi connectivity index (χ0) is 34.9. The van der Waals surface area contributed by atoms with Gasteiger partial charge in [-0.1, -0.05) is 127 Å². The van der Waals surface area contributed by atoms with E-state index in [1.807, 2.05) is 11.3 Å². The fourth-order valence-electron chi connectivity index (χ4n) is 8.10. The molecule has 53 heavy (non-hydrogen) atoms. The molecule has 248 valence electrons. The van der Waals surface area contributed by atoms with Crippen molar-refractivity contribution in [1.29, 1.82) is 0 Å². The molecule has 9 aromatic carbocycles. The van der Waals surface area contributed by atoms with Crippen LogP contribution in [-0.2, 0) is 0 Å². The Kier molecular flexibility index (Phi) is 6.76.